The number of hydrogen-bond donors (Lipinski definition) is 3. The number of phosphoric ester groups is 1. The fourth-order valence-corrected chi connectivity index (χ4v) is 4.45. The monoisotopic (exact) mass is 580 g/mol. The van der Waals surface area contributed by atoms with Crippen LogP contribution in [-0.2, 0) is 32.7 Å². The van der Waals surface area contributed by atoms with Gasteiger partial charge in [0.05, 0.1) is 26.4 Å². The van der Waals surface area contributed by atoms with Gasteiger partial charge in [-0.25, -0.2) is 4.57 Å². The molecule has 0 aliphatic heterocycles. The van der Waals surface area contributed by atoms with Crippen molar-refractivity contribution < 1.29 is 47.8 Å². The summed E-state index contributed by atoms with van der Waals surface area (Å²) in [5, 5.41) is 18.6. The Bertz CT molecular complexity index is 685. The molecule has 230 valence electrons. The molecule has 0 saturated heterocycles. The lowest BCUT2D eigenvalue weighted by atomic mass is 10.1. The van der Waals surface area contributed by atoms with Gasteiger partial charge in [0.25, 0.3) is 0 Å². The molecule has 0 rings (SSSR count). The number of hydrogen-bond acceptors (Lipinski definition) is 9. The number of esters is 2. The smallest absolute Gasteiger partial charge is 0.457 e. The number of carbonyl (C=O) groups excluding carboxylic acids is 2. The molecule has 0 aromatic carbocycles. The summed E-state index contributed by atoms with van der Waals surface area (Å²) in [7, 11) is -4.59. The molecule has 0 aliphatic carbocycles. The van der Waals surface area contributed by atoms with E-state index in [0.29, 0.717) is 6.42 Å². The third-order valence-corrected chi connectivity index (χ3v) is 6.98. The second kappa shape index (κ2) is 25.7. The van der Waals surface area contributed by atoms with E-state index in [4.69, 9.17) is 18.5 Å². The molecule has 0 amide bonds. The van der Waals surface area contributed by atoms with Gasteiger partial charge in [0, 0.05) is 12.8 Å². The molecule has 0 aromatic heterocycles. The molecule has 0 aliphatic rings. The lowest BCUT2D eigenvalue weighted by Gasteiger charge is -2.20. The average Bonchev–Trinajstić information content (AvgIpc) is 2.92. The van der Waals surface area contributed by atoms with Gasteiger partial charge < -0.3 is 24.6 Å². The van der Waals surface area contributed by atoms with E-state index in [-0.39, 0.29) is 12.8 Å². The molecule has 10 nitrogen and oxygen atoms in total. The molecule has 0 radical (unpaired) electrons. The highest BCUT2D eigenvalue weighted by molar-refractivity contribution is 7.47. The first kappa shape index (κ1) is 37.7. The Balaban J connectivity index is 3.87. The highest BCUT2D eigenvalue weighted by Crippen LogP contribution is 2.43. The fraction of sp³-hybridized carbons (Fsp3) is 0.857. The van der Waals surface area contributed by atoms with E-state index in [1.807, 2.05) is 0 Å². The van der Waals surface area contributed by atoms with Gasteiger partial charge >= 0.3 is 19.8 Å². The summed E-state index contributed by atoms with van der Waals surface area (Å²) < 4.78 is 31.4. The summed E-state index contributed by atoms with van der Waals surface area (Å²) in [6, 6.07) is 0. The van der Waals surface area contributed by atoms with Crippen molar-refractivity contribution in [3.8, 4) is 0 Å². The highest BCUT2D eigenvalue weighted by atomic mass is 31.2. The number of allylic oxidation sites excluding steroid dienone is 2. The highest BCUT2D eigenvalue weighted by Gasteiger charge is 2.27. The van der Waals surface area contributed by atoms with Gasteiger partial charge in [0.15, 0.2) is 0 Å². The van der Waals surface area contributed by atoms with Crippen molar-refractivity contribution >= 4 is 19.8 Å². The largest absolute Gasteiger partial charge is 0.472 e. The summed E-state index contributed by atoms with van der Waals surface area (Å²) in [6.45, 7) is 1.50. The van der Waals surface area contributed by atoms with Crippen molar-refractivity contribution in [3.63, 3.8) is 0 Å². The Labute approximate surface area is 235 Å². The van der Waals surface area contributed by atoms with Crippen LogP contribution in [0.25, 0.3) is 0 Å². The van der Waals surface area contributed by atoms with Gasteiger partial charge in [-0.05, 0) is 32.1 Å². The Morgan fingerprint density at radius 2 is 1.13 bits per heavy atom. The van der Waals surface area contributed by atoms with Gasteiger partial charge in [0.2, 0.25) is 0 Å². The number of aliphatic hydroxyl groups is 2. The van der Waals surface area contributed by atoms with Gasteiger partial charge in [0.1, 0.15) is 12.2 Å². The quantitative estimate of drug-likeness (QED) is 0.0473. The van der Waals surface area contributed by atoms with E-state index < -0.39 is 58.4 Å². The van der Waals surface area contributed by atoms with Crippen LogP contribution in [0.15, 0.2) is 12.2 Å². The molecule has 0 fully saturated rings. The lowest BCUT2D eigenvalue weighted by molar-refractivity contribution is -0.153. The Kier molecular flexibility index (Phi) is 24.8. The van der Waals surface area contributed by atoms with Crippen molar-refractivity contribution in [2.24, 2.45) is 0 Å². The van der Waals surface area contributed by atoms with Crippen LogP contribution in [0.5, 0.6) is 0 Å². The molecular formula is C28H53O10P. The molecular weight excluding hydrogens is 527 g/mol. The molecule has 39 heavy (non-hydrogen) atoms. The summed E-state index contributed by atoms with van der Waals surface area (Å²) >= 11 is 0. The van der Waals surface area contributed by atoms with Crippen LogP contribution in [0, 0.1) is 0 Å². The molecule has 3 N–H and O–H groups in total. The van der Waals surface area contributed by atoms with Crippen molar-refractivity contribution in [1.82, 2.24) is 0 Å². The second-order valence-electron chi connectivity index (χ2n) is 9.69. The molecule has 11 heteroatoms. The third kappa shape index (κ3) is 24.2. The van der Waals surface area contributed by atoms with Gasteiger partial charge in [-0.15, -0.1) is 0 Å². The van der Waals surface area contributed by atoms with Crippen molar-refractivity contribution in [1.29, 1.82) is 0 Å². The summed E-state index contributed by atoms with van der Waals surface area (Å²) in [4.78, 5) is 33.0. The van der Waals surface area contributed by atoms with E-state index in [1.54, 1.807) is 6.92 Å². The zero-order valence-electron chi connectivity index (χ0n) is 24.1. The molecule has 0 bridgehead atoms. The third-order valence-electron chi connectivity index (χ3n) is 6.03. The first-order valence-corrected chi connectivity index (χ1v) is 16.1. The van der Waals surface area contributed by atoms with Crippen LogP contribution >= 0.6 is 7.82 Å². The minimum absolute atomic E-state index is 0.0738. The van der Waals surface area contributed by atoms with E-state index in [9.17, 15) is 29.3 Å². The maximum absolute atomic E-state index is 12.0. The zero-order valence-corrected chi connectivity index (χ0v) is 25.0. The maximum Gasteiger partial charge on any atom is 0.472 e. The number of rotatable bonds is 27. The second-order valence-corrected chi connectivity index (χ2v) is 11.1. The minimum Gasteiger partial charge on any atom is -0.457 e. The van der Waals surface area contributed by atoms with E-state index in [2.05, 4.69) is 19.1 Å². The number of phosphoric acid groups is 1. The molecule has 0 aromatic rings. The summed E-state index contributed by atoms with van der Waals surface area (Å²) in [6.07, 6.45) is 19.0. The minimum atomic E-state index is -4.59. The lowest BCUT2D eigenvalue weighted by Crippen LogP contribution is -2.28. The Hall–Kier alpha value is -1.29. The van der Waals surface area contributed by atoms with Gasteiger partial charge in [-0.1, -0.05) is 83.8 Å². The molecule has 3 atom stereocenters. The van der Waals surface area contributed by atoms with Gasteiger partial charge in [-0.3, -0.25) is 18.6 Å². The standard InChI is InChI=1S/C28H53O10P/c1-3-5-6-7-8-9-10-11-12-13-14-15-16-17-18-19-20-28(32)38-26(22-30)24-36-39(33,34)35-23-25(21-29)37-27(31)4-2/h12-13,25-26,29-30H,3-11,14-24H2,1-2H3,(H,33,34)/b13-12-. The normalized spacial score (nSPS) is 14.7. The van der Waals surface area contributed by atoms with Gasteiger partial charge in [-0.2, -0.15) is 0 Å². The summed E-state index contributed by atoms with van der Waals surface area (Å²) in [5.41, 5.74) is 0. The number of aliphatic hydroxyl groups excluding tert-OH is 2. The summed E-state index contributed by atoms with van der Waals surface area (Å²) in [5.74, 6) is -1.12. The Morgan fingerprint density at radius 1 is 0.692 bits per heavy atom. The maximum atomic E-state index is 12.0. The molecule has 3 unspecified atom stereocenters. The van der Waals surface area contributed by atoms with E-state index in [0.717, 1.165) is 32.1 Å². The predicted molar refractivity (Wildman–Crippen MR) is 150 cm³/mol. The van der Waals surface area contributed by atoms with E-state index in [1.165, 1.54) is 51.4 Å². The van der Waals surface area contributed by atoms with Crippen LogP contribution in [0.3, 0.4) is 0 Å². The molecule has 0 heterocycles. The fourth-order valence-electron chi connectivity index (χ4n) is 3.67. The van der Waals surface area contributed by atoms with Crippen molar-refractivity contribution in [2.45, 2.75) is 129 Å². The first-order valence-electron chi connectivity index (χ1n) is 14.6. The number of unbranched alkanes of at least 4 members (excludes halogenated alkanes) is 12. The van der Waals surface area contributed by atoms with Crippen LogP contribution < -0.4 is 0 Å². The number of carbonyl (C=O) groups is 2. The number of ether oxygens (including phenoxy) is 2. The first-order chi connectivity index (χ1) is 18.8. The zero-order chi connectivity index (χ0) is 29.2. The molecule has 0 spiro atoms. The van der Waals surface area contributed by atoms with Crippen LogP contribution in [0.1, 0.15) is 117 Å². The van der Waals surface area contributed by atoms with Crippen LogP contribution in [0.4, 0.5) is 0 Å². The van der Waals surface area contributed by atoms with E-state index >= 15 is 0 Å². The topological polar surface area (TPSA) is 149 Å². The van der Waals surface area contributed by atoms with Crippen molar-refractivity contribution in [2.75, 3.05) is 26.4 Å². The Morgan fingerprint density at radius 3 is 1.59 bits per heavy atom. The average molecular weight is 581 g/mol. The SMILES string of the molecule is CCCCCCCCC/C=C\CCCCCCCC(=O)OC(CO)COP(=O)(O)OCC(CO)OC(=O)CC. The van der Waals surface area contributed by atoms with Crippen molar-refractivity contribution in [3.05, 3.63) is 12.2 Å². The van der Waals surface area contributed by atoms with Crippen LogP contribution in [-0.4, -0.2) is 65.7 Å². The molecule has 0 saturated carbocycles. The predicted octanol–water partition coefficient (Wildman–Crippen LogP) is 5.77. The van der Waals surface area contributed by atoms with Crippen LogP contribution in [0.2, 0.25) is 0 Å².